The van der Waals surface area contributed by atoms with Gasteiger partial charge in [0.25, 0.3) is 5.91 Å². The molecule has 0 bridgehead atoms. The molecule has 0 aliphatic carbocycles. The quantitative estimate of drug-likeness (QED) is 0.790. The molecule has 132 valence electrons. The van der Waals surface area contributed by atoms with Crippen molar-refractivity contribution in [3.8, 4) is 0 Å². The third-order valence-corrected chi connectivity index (χ3v) is 4.44. The SMILES string of the molecule is C=C1c2ccccc2C(=O)N1CC(=O)NCC(=O)Nc1ccc(Br)cc1. The normalized spacial score (nSPS) is 12.7. The van der Waals surface area contributed by atoms with Gasteiger partial charge >= 0.3 is 0 Å². The van der Waals surface area contributed by atoms with Crippen LogP contribution in [0.3, 0.4) is 0 Å². The number of rotatable bonds is 5. The van der Waals surface area contributed by atoms with E-state index in [4.69, 9.17) is 0 Å². The molecule has 0 spiro atoms. The summed E-state index contributed by atoms with van der Waals surface area (Å²) in [5.41, 5.74) is 2.36. The molecule has 3 amide bonds. The minimum atomic E-state index is -0.432. The fourth-order valence-corrected chi connectivity index (χ4v) is 2.88. The number of nitrogens with zero attached hydrogens (tertiary/aromatic N) is 1. The molecule has 1 aliphatic heterocycles. The first kappa shape index (κ1) is 17.9. The van der Waals surface area contributed by atoms with Crippen LogP contribution in [-0.4, -0.2) is 35.7 Å². The van der Waals surface area contributed by atoms with Gasteiger partial charge in [-0.25, -0.2) is 0 Å². The Morgan fingerprint density at radius 1 is 1.00 bits per heavy atom. The van der Waals surface area contributed by atoms with E-state index in [1.807, 2.05) is 6.07 Å². The summed E-state index contributed by atoms with van der Waals surface area (Å²) in [5, 5.41) is 5.19. The van der Waals surface area contributed by atoms with Gasteiger partial charge < -0.3 is 10.6 Å². The molecule has 2 aromatic rings. The van der Waals surface area contributed by atoms with Gasteiger partial charge in [-0.2, -0.15) is 0 Å². The molecule has 0 saturated heterocycles. The van der Waals surface area contributed by atoms with Gasteiger partial charge in [0.15, 0.2) is 0 Å². The van der Waals surface area contributed by atoms with E-state index >= 15 is 0 Å². The van der Waals surface area contributed by atoms with E-state index in [1.54, 1.807) is 42.5 Å². The fraction of sp³-hybridized carbons (Fsp3) is 0.105. The van der Waals surface area contributed by atoms with Crippen molar-refractivity contribution in [2.45, 2.75) is 0 Å². The lowest BCUT2D eigenvalue weighted by atomic mass is 10.1. The van der Waals surface area contributed by atoms with Crippen molar-refractivity contribution in [3.05, 3.63) is 70.7 Å². The van der Waals surface area contributed by atoms with Crippen molar-refractivity contribution >= 4 is 45.0 Å². The van der Waals surface area contributed by atoms with Crippen LogP contribution in [-0.2, 0) is 9.59 Å². The number of hydrogen-bond donors (Lipinski definition) is 2. The monoisotopic (exact) mass is 413 g/mol. The van der Waals surface area contributed by atoms with E-state index in [2.05, 4.69) is 33.1 Å². The molecule has 0 radical (unpaired) electrons. The zero-order valence-electron chi connectivity index (χ0n) is 13.8. The Morgan fingerprint density at radius 2 is 1.65 bits per heavy atom. The summed E-state index contributed by atoms with van der Waals surface area (Å²) in [7, 11) is 0. The maximum atomic E-state index is 12.4. The predicted molar refractivity (Wildman–Crippen MR) is 102 cm³/mol. The highest BCUT2D eigenvalue weighted by atomic mass is 79.9. The summed E-state index contributed by atoms with van der Waals surface area (Å²) >= 11 is 3.31. The minimum absolute atomic E-state index is 0.183. The number of fused-ring (bicyclic) bond motifs is 1. The number of carbonyl (C=O) groups excluding carboxylic acids is 3. The van der Waals surface area contributed by atoms with Crippen LogP contribution in [0.5, 0.6) is 0 Å². The summed E-state index contributed by atoms with van der Waals surface area (Å²) in [6.45, 7) is 3.51. The Labute approximate surface area is 159 Å². The second-order valence-corrected chi connectivity index (χ2v) is 6.63. The largest absolute Gasteiger partial charge is 0.345 e. The first-order chi connectivity index (χ1) is 12.5. The van der Waals surface area contributed by atoms with Gasteiger partial charge in [0.1, 0.15) is 6.54 Å². The molecule has 1 heterocycles. The Kier molecular flexibility index (Phi) is 5.18. The second-order valence-electron chi connectivity index (χ2n) is 5.72. The Morgan fingerprint density at radius 3 is 2.31 bits per heavy atom. The lowest BCUT2D eigenvalue weighted by molar-refractivity contribution is -0.124. The van der Waals surface area contributed by atoms with E-state index < -0.39 is 5.91 Å². The van der Waals surface area contributed by atoms with Crippen molar-refractivity contribution in [2.75, 3.05) is 18.4 Å². The van der Waals surface area contributed by atoms with E-state index in [0.717, 1.165) is 10.0 Å². The molecular weight excluding hydrogens is 398 g/mol. The Balaban J connectivity index is 1.52. The van der Waals surface area contributed by atoms with Gasteiger partial charge in [-0.05, 0) is 30.3 Å². The smallest absolute Gasteiger partial charge is 0.259 e. The third-order valence-electron chi connectivity index (χ3n) is 3.92. The number of halogens is 1. The van der Waals surface area contributed by atoms with E-state index in [1.165, 1.54) is 4.90 Å². The van der Waals surface area contributed by atoms with Crippen molar-refractivity contribution in [3.63, 3.8) is 0 Å². The van der Waals surface area contributed by atoms with Crippen molar-refractivity contribution in [2.24, 2.45) is 0 Å². The van der Waals surface area contributed by atoms with E-state index in [0.29, 0.717) is 16.9 Å². The Hall–Kier alpha value is -2.93. The van der Waals surface area contributed by atoms with Crippen molar-refractivity contribution < 1.29 is 14.4 Å². The van der Waals surface area contributed by atoms with Crippen LogP contribution in [0.4, 0.5) is 5.69 Å². The molecule has 0 atom stereocenters. The van der Waals surface area contributed by atoms with Crippen LogP contribution in [0.2, 0.25) is 0 Å². The van der Waals surface area contributed by atoms with Crippen LogP contribution < -0.4 is 10.6 Å². The van der Waals surface area contributed by atoms with Crippen LogP contribution >= 0.6 is 15.9 Å². The zero-order chi connectivity index (χ0) is 18.7. The topological polar surface area (TPSA) is 78.5 Å². The van der Waals surface area contributed by atoms with Crippen LogP contribution in [0.15, 0.2) is 59.6 Å². The molecule has 2 N–H and O–H groups in total. The standard InChI is InChI=1S/C19H16BrN3O3/c1-12-15-4-2-3-5-16(15)19(26)23(12)11-18(25)21-10-17(24)22-14-8-6-13(20)7-9-14/h2-9H,1,10-11H2,(H,21,25)(H,22,24). The molecular formula is C19H16BrN3O3. The fourth-order valence-electron chi connectivity index (χ4n) is 2.62. The molecule has 6 nitrogen and oxygen atoms in total. The highest BCUT2D eigenvalue weighted by Crippen LogP contribution is 2.30. The molecule has 7 heteroatoms. The van der Waals surface area contributed by atoms with Gasteiger partial charge in [0.2, 0.25) is 11.8 Å². The number of anilines is 1. The molecule has 0 fully saturated rings. The van der Waals surface area contributed by atoms with E-state index in [-0.39, 0.29) is 24.9 Å². The number of nitrogens with one attached hydrogen (secondary N) is 2. The lowest BCUT2D eigenvalue weighted by Crippen LogP contribution is -2.40. The van der Waals surface area contributed by atoms with Gasteiger partial charge in [-0.3, -0.25) is 19.3 Å². The van der Waals surface area contributed by atoms with Gasteiger partial charge in [0, 0.05) is 27.0 Å². The maximum absolute atomic E-state index is 12.4. The summed E-state index contributed by atoms with van der Waals surface area (Å²) in [4.78, 5) is 37.7. The molecule has 0 aromatic heterocycles. The summed E-state index contributed by atoms with van der Waals surface area (Å²) in [5.74, 6) is -1.05. The van der Waals surface area contributed by atoms with Crippen LogP contribution in [0.25, 0.3) is 5.70 Å². The van der Waals surface area contributed by atoms with Gasteiger partial charge in [0.05, 0.1) is 6.54 Å². The average Bonchev–Trinajstić information content (AvgIpc) is 2.87. The first-order valence-corrected chi connectivity index (χ1v) is 8.67. The molecule has 0 unspecified atom stereocenters. The molecule has 26 heavy (non-hydrogen) atoms. The second kappa shape index (κ2) is 7.53. The highest BCUT2D eigenvalue weighted by Gasteiger charge is 2.31. The average molecular weight is 414 g/mol. The maximum Gasteiger partial charge on any atom is 0.259 e. The van der Waals surface area contributed by atoms with Crippen molar-refractivity contribution in [1.29, 1.82) is 0 Å². The molecule has 3 rings (SSSR count). The van der Waals surface area contributed by atoms with Gasteiger partial charge in [-0.15, -0.1) is 0 Å². The molecule has 0 saturated carbocycles. The summed E-state index contributed by atoms with van der Waals surface area (Å²) in [6.07, 6.45) is 0. The number of benzene rings is 2. The number of hydrogen-bond acceptors (Lipinski definition) is 3. The lowest BCUT2D eigenvalue weighted by Gasteiger charge is -2.16. The van der Waals surface area contributed by atoms with E-state index in [9.17, 15) is 14.4 Å². The number of amides is 3. The minimum Gasteiger partial charge on any atom is -0.345 e. The Bertz CT molecular complexity index is 858. The summed E-state index contributed by atoms with van der Waals surface area (Å²) < 4.78 is 0.903. The first-order valence-electron chi connectivity index (χ1n) is 7.88. The zero-order valence-corrected chi connectivity index (χ0v) is 15.4. The van der Waals surface area contributed by atoms with Gasteiger partial charge in [-0.1, -0.05) is 40.7 Å². The molecule has 1 aliphatic rings. The van der Waals surface area contributed by atoms with Crippen LogP contribution in [0, 0.1) is 0 Å². The highest BCUT2D eigenvalue weighted by molar-refractivity contribution is 9.10. The molecule has 2 aromatic carbocycles. The summed E-state index contributed by atoms with van der Waals surface area (Å²) in [6, 6.07) is 14.2. The van der Waals surface area contributed by atoms with Crippen molar-refractivity contribution in [1.82, 2.24) is 10.2 Å². The number of carbonyl (C=O) groups is 3. The van der Waals surface area contributed by atoms with Crippen LogP contribution in [0.1, 0.15) is 15.9 Å². The predicted octanol–water partition coefficient (Wildman–Crippen LogP) is 2.63. The third kappa shape index (κ3) is 3.83.